The average molecular weight is 265 g/mol. The second-order valence-corrected chi connectivity index (χ2v) is 4.55. The van der Waals surface area contributed by atoms with Gasteiger partial charge in [0.15, 0.2) is 0 Å². The Morgan fingerprint density at radius 2 is 2.17 bits per heavy atom. The van der Waals surface area contributed by atoms with Crippen molar-refractivity contribution in [1.29, 1.82) is 0 Å². The first-order valence-corrected chi connectivity index (χ1v) is 5.93. The van der Waals surface area contributed by atoms with Crippen LogP contribution in [0.3, 0.4) is 0 Å². The highest BCUT2D eigenvalue weighted by molar-refractivity contribution is 5.85. The molecule has 0 amide bonds. The molecular weight excluding hydrogens is 248 g/mol. The van der Waals surface area contributed by atoms with Crippen molar-refractivity contribution in [2.24, 2.45) is 7.05 Å². The van der Waals surface area contributed by atoms with Crippen molar-refractivity contribution in [1.82, 2.24) is 20.1 Å². The average Bonchev–Trinajstić information content (AvgIpc) is 2.68. The molecule has 0 fully saturated rings. The van der Waals surface area contributed by atoms with Crippen molar-refractivity contribution in [3.05, 3.63) is 35.3 Å². The molecule has 0 radical (unpaired) electrons. The maximum atomic E-state index is 4.56. The summed E-state index contributed by atoms with van der Waals surface area (Å²) in [5.41, 5.74) is 5.86. The van der Waals surface area contributed by atoms with Crippen LogP contribution in [0.15, 0.2) is 18.3 Å². The van der Waals surface area contributed by atoms with Crippen LogP contribution in [-0.2, 0) is 20.0 Å². The third-order valence-electron chi connectivity index (χ3n) is 3.21. The Bertz CT molecular complexity index is 562. The lowest BCUT2D eigenvalue weighted by Gasteiger charge is -2.16. The van der Waals surface area contributed by atoms with Gasteiger partial charge in [-0.05, 0) is 24.6 Å². The van der Waals surface area contributed by atoms with Crippen molar-refractivity contribution < 1.29 is 0 Å². The number of aromatic nitrogens is 3. The smallest absolute Gasteiger partial charge is 0.0697 e. The molecule has 1 aliphatic rings. The Labute approximate surface area is 113 Å². The van der Waals surface area contributed by atoms with Crippen LogP contribution >= 0.6 is 12.4 Å². The molecule has 3 heterocycles. The molecule has 2 aromatic heterocycles. The van der Waals surface area contributed by atoms with Gasteiger partial charge in [0.2, 0.25) is 0 Å². The standard InChI is InChI=1S/C13H16N4.ClH/c1-9-5-13(17(2)16-9)11-6-10-7-14-4-3-12(10)15-8-11;/h5-6,8,14H,3-4,7H2,1-2H3;1H. The van der Waals surface area contributed by atoms with Crippen LogP contribution in [0.5, 0.6) is 0 Å². The van der Waals surface area contributed by atoms with Crippen LogP contribution in [-0.4, -0.2) is 21.3 Å². The van der Waals surface area contributed by atoms with Gasteiger partial charge in [0, 0.05) is 44.0 Å². The Balaban J connectivity index is 0.00000120. The molecule has 0 atom stereocenters. The highest BCUT2D eigenvalue weighted by atomic mass is 35.5. The number of halogens is 1. The second-order valence-electron chi connectivity index (χ2n) is 4.55. The molecule has 0 saturated heterocycles. The lowest BCUT2D eigenvalue weighted by atomic mass is 10.0. The van der Waals surface area contributed by atoms with Gasteiger partial charge < -0.3 is 5.32 Å². The molecule has 18 heavy (non-hydrogen) atoms. The number of hydrogen-bond acceptors (Lipinski definition) is 3. The van der Waals surface area contributed by atoms with Gasteiger partial charge in [0.05, 0.1) is 11.4 Å². The minimum absolute atomic E-state index is 0. The van der Waals surface area contributed by atoms with E-state index in [-0.39, 0.29) is 12.4 Å². The van der Waals surface area contributed by atoms with E-state index in [1.165, 1.54) is 11.3 Å². The quantitative estimate of drug-likeness (QED) is 0.855. The minimum Gasteiger partial charge on any atom is -0.312 e. The number of nitrogens with zero attached hydrogens (tertiary/aromatic N) is 3. The molecule has 3 rings (SSSR count). The van der Waals surface area contributed by atoms with E-state index in [2.05, 4.69) is 27.5 Å². The fourth-order valence-electron chi connectivity index (χ4n) is 2.37. The van der Waals surface area contributed by atoms with Gasteiger partial charge >= 0.3 is 0 Å². The summed E-state index contributed by atoms with van der Waals surface area (Å²) in [4.78, 5) is 4.56. The third kappa shape index (κ3) is 2.26. The van der Waals surface area contributed by atoms with Crippen LogP contribution in [0.1, 0.15) is 17.0 Å². The van der Waals surface area contributed by atoms with Gasteiger partial charge in [-0.15, -0.1) is 12.4 Å². The highest BCUT2D eigenvalue weighted by Crippen LogP contribution is 2.22. The zero-order chi connectivity index (χ0) is 11.8. The van der Waals surface area contributed by atoms with E-state index in [0.717, 1.165) is 36.5 Å². The zero-order valence-corrected chi connectivity index (χ0v) is 11.4. The molecule has 0 aliphatic carbocycles. The van der Waals surface area contributed by atoms with E-state index in [9.17, 15) is 0 Å². The topological polar surface area (TPSA) is 42.7 Å². The molecule has 0 bridgehead atoms. The number of fused-ring (bicyclic) bond motifs is 1. The molecule has 1 N–H and O–H groups in total. The summed E-state index contributed by atoms with van der Waals surface area (Å²) >= 11 is 0. The van der Waals surface area contributed by atoms with Crippen molar-refractivity contribution in [2.45, 2.75) is 19.9 Å². The van der Waals surface area contributed by atoms with Gasteiger partial charge in [-0.25, -0.2) is 0 Å². The molecule has 0 unspecified atom stereocenters. The SMILES string of the molecule is Cc1cc(-c2cnc3c(c2)CNCC3)n(C)n1.Cl. The fraction of sp³-hybridized carbons (Fsp3) is 0.385. The van der Waals surface area contributed by atoms with Gasteiger partial charge in [-0.3, -0.25) is 9.67 Å². The van der Waals surface area contributed by atoms with Gasteiger partial charge in [-0.2, -0.15) is 5.10 Å². The lowest BCUT2D eigenvalue weighted by Crippen LogP contribution is -2.24. The maximum Gasteiger partial charge on any atom is 0.0697 e. The van der Waals surface area contributed by atoms with E-state index < -0.39 is 0 Å². The van der Waals surface area contributed by atoms with Crippen molar-refractivity contribution in [3.8, 4) is 11.3 Å². The largest absolute Gasteiger partial charge is 0.312 e. The van der Waals surface area contributed by atoms with Crippen LogP contribution in [0.2, 0.25) is 0 Å². The maximum absolute atomic E-state index is 4.56. The molecular formula is C13H17ClN4. The minimum atomic E-state index is 0. The van der Waals surface area contributed by atoms with E-state index in [4.69, 9.17) is 0 Å². The molecule has 0 spiro atoms. The number of hydrogen-bond donors (Lipinski definition) is 1. The Hall–Kier alpha value is -1.39. The highest BCUT2D eigenvalue weighted by Gasteiger charge is 2.12. The number of nitrogens with one attached hydrogen (secondary N) is 1. The number of rotatable bonds is 1. The Morgan fingerprint density at radius 1 is 1.33 bits per heavy atom. The summed E-state index contributed by atoms with van der Waals surface area (Å²) in [6.07, 6.45) is 2.99. The Morgan fingerprint density at radius 3 is 2.89 bits per heavy atom. The van der Waals surface area contributed by atoms with Crippen LogP contribution < -0.4 is 5.32 Å². The van der Waals surface area contributed by atoms with E-state index in [0.29, 0.717) is 0 Å². The number of aryl methyl sites for hydroxylation is 2. The van der Waals surface area contributed by atoms with Crippen molar-refractivity contribution in [3.63, 3.8) is 0 Å². The summed E-state index contributed by atoms with van der Waals surface area (Å²) < 4.78 is 1.91. The Kier molecular flexibility index (Phi) is 3.68. The molecule has 96 valence electrons. The summed E-state index contributed by atoms with van der Waals surface area (Å²) in [6.45, 7) is 3.97. The summed E-state index contributed by atoms with van der Waals surface area (Å²) in [5, 5.41) is 7.75. The van der Waals surface area contributed by atoms with Crippen LogP contribution in [0.4, 0.5) is 0 Å². The van der Waals surface area contributed by atoms with Gasteiger partial charge in [0.25, 0.3) is 0 Å². The number of pyridine rings is 1. The van der Waals surface area contributed by atoms with Crippen LogP contribution in [0, 0.1) is 6.92 Å². The molecule has 0 aromatic carbocycles. The molecule has 4 nitrogen and oxygen atoms in total. The van der Waals surface area contributed by atoms with Crippen molar-refractivity contribution >= 4 is 12.4 Å². The first kappa shape index (κ1) is 13.1. The summed E-state index contributed by atoms with van der Waals surface area (Å²) in [6, 6.07) is 4.32. The lowest BCUT2D eigenvalue weighted by molar-refractivity contribution is 0.630. The molecule has 1 aliphatic heterocycles. The van der Waals surface area contributed by atoms with Gasteiger partial charge in [0.1, 0.15) is 0 Å². The first-order valence-electron chi connectivity index (χ1n) is 5.93. The van der Waals surface area contributed by atoms with Crippen molar-refractivity contribution in [2.75, 3.05) is 6.54 Å². The van der Waals surface area contributed by atoms with Crippen LogP contribution in [0.25, 0.3) is 11.3 Å². The zero-order valence-electron chi connectivity index (χ0n) is 10.6. The predicted octanol–water partition coefficient (Wildman–Crippen LogP) is 1.86. The third-order valence-corrected chi connectivity index (χ3v) is 3.21. The van der Waals surface area contributed by atoms with E-state index in [1.807, 2.05) is 24.9 Å². The predicted molar refractivity (Wildman–Crippen MR) is 73.8 cm³/mol. The molecule has 0 saturated carbocycles. The summed E-state index contributed by atoms with van der Waals surface area (Å²) in [5.74, 6) is 0. The molecule has 5 heteroatoms. The van der Waals surface area contributed by atoms with Gasteiger partial charge in [-0.1, -0.05) is 0 Å². The monoisotopic (exact) mass is 264 g/mol. The second kappa shape index (κ2) is 5.08. The molecule has 2 aromatic rings. The first-order chi connectivity index (χ1) is 8.24. The normalized spacial score (nSPS) is 13.9. The fourth-order valence-corrected chi connectivity index (χ4v) is 2.37. The summed E-state index contributed by atoms with van der Waals surface area (Å²) in [7, 11) is 1.97. The van der Waals surface area contributed by atoms with E-state index >= 15 is 0 Å². The van der Waals surface area contributed by atoms with E-state index in [1.54, 1.807) is 0 Å².